The molecule has 0 saturated heterocycles. The molecule has 0 aliphatic heterocycles. The number of hydrogen-bond donors (Lipinski definition) is 1. The zero-order valence-electron chi connectivity index (χ0n) is 12.3. The van der Waals surface area contributed by atoms with Crippen molar-refractivity contribution in [3.05, 3.63) is 35.9 Å². The summed E-state index contributed by atoms with van der Waals surface area (Å²) in [6.07, 6.45) is 7.15. The maximum atomic E-state index is 3.67. The number of hydrogen-bond acceptors (Lipinski definition) is 2. The molecule has 0 radical (unpaired) electrons. The van der Waals surface area contributed by atoms with Gasteiger partial charge < -0.3 is 5.32 Å². The Labute approximate surface area is 122 Å². The lowest BCUT2D eigenvalue weighted by Crippen LogP contribution is -2.30. The van der Waals surface area contributed by atoms with Crippen molar-refractivity contribution in [2.75, 3.05) is 6.54 Å². The van der Waals surface area contributed by atoms with Gasteiger partial charge >= 0.3 is 0 Å². The van der Waals surface area contributed by atoms with Crippen LogP contribution in [0.25, 0.3) is 0 Å². The van der Waals surface area contributed by atoms with E-state index < -0.39 is 0 Å². The molecule has 106 valence electrons. The van der Waals surface area contributed by atoms with Gasteiger partial charge in [0.15, 0.2) is 0 Å². The highest BCUT2D eigenvalue weighted by Crippen LogP contribution is 2.35. The molecule has 2 heteroatoms. The molecule has 0 spiro atoms. The fourth-order valence-corrected chi connectivity index (χ4v) is 4.64. The fourth-order valence-electron chi connectivity index (χ4n) is 3.02. The Kier molecular flexibility index (Phi) is 6.25. The topological polar surface area (TPSA) is 12.0 Å². The monoisotopic (exact) mass is 277 g/mol. The van der Waals surface area contributed by atoms with Gasteiger partial charge in [-0.25, -0.2) is 0 Å². The minimum absolute atomic E-state index is 0.484. The van der Waals surface area contributed by atoms with E-state index >= 15 is 0 Å². The van der Waals surface area contributed by atoms with Gasteiger partial charge in [0.25, 0.3) is 0 Å². The first-order valence-electron chi connectivity index (χ1n) is 7.75. The molecule has 0 bridgehead atoms. The van der Waals surface area contributed by atoms with Crippen molar-refractivity contribution in [1.29, 1.82) is 0 Å². The molecule has 19 heavy (non-hydrogen) atoms. The summed E-state index contributed by atoms with van der Waals surface area (Å²) in [4.78, 5) is 0. The Morgan fingerprint density at radius 3 is 2.47 bits per heavy atom. The highest BCUT2D eigenvalue weighted by Gasteiger charge is 2.23. The van der Waals surface area contributed by atoms with Crippen LogP contribution in [0.1, 0.15) is 57.6 Å². The van der Waals surface area contributed by atoms with E-state index in [1.54, 1.807) is 0 Å². The maximum absolute atomic E-state index is 3.67. The second kappa shape index (κ2) is 7.96. The predicted molar refractivity (Wildman–Crippen MR) is 86.8 cm³/mol. The molecule has 1 aliphatic carbocycles. The molecular weight excluding hydrogens is 250 g/mol. The molecule has 2 atom stereocenters. The summed E-state index contributed by atoms with van der Waals surface area (Å²) >= 11 is 2.20. The molecule has 1 aromatic rings. The van der Waals surface area contributed by atoms with Crippen molar-refractivity contribution in [2.45, 2.75) is 62.5 Å². The Bertz CT molecular complexity index is 346. The van der Waals surface area contributed by atoms with Crippen molar-refractivity contribution in [1.82, 2.24) is 5.32 Å². The molecule has 0 amide bonds. The van der Waals surface area contributed by atoms with Gasteiger partial charge in [-0.15, -0.1) is 0 Å². The third kappa shape index (κ3) is 4.54. The van der Waals surface area contributed by atoms with E-state index in [0.29, 0.717) is 11.3 Å². The molecule has 2 rings (SSSR count). The van der Waals surface area contributed by atoms with Crippen LogP contribution in [0, 0.1) is 0 Å². The third-order valence-corrected chi connectivity index (χ3v) is 5.57. The maximum Gasteiger partial charge on any atom is 0.0437 e. The number of thioether (sulfide) groups is 1. The van der Waals surface area contributed by atoms with E-state index in [0.717, 1.165) is 11.8 Å². The van der Waals surface area contributed by atoms with E-state index in [9.17, 15) is 0 Å². The van der Waals surface area contributed by atoms with Crippen molar-refractivity contribution >= 4 is 11.8 Å². The molecular formula is C17H27NS. The van der Waals surface area contributed by atoms with Crippen molar-refractivity contribution in [3.8, 4) is 0 Å². The van der Waals surface area contributed by atoms with Gasteiger partial charge in [-0.3, -0.25) is 0 Å². The van der Waals surface area contributed by atoms with Crippen molar-refractivity contribution in [2.24, 2.45) is 0 Å². The van der Waals surface area contributed by atoms with Crippen LogP contribution in [0.4, 0.5) is 0 Å². The van der Waals surface area contributed by atoms with Gasteiger partial charge in [0.1, 0.15) is 0 Å². The first-order chi connectivity index (χ1) is 9.31. The zero-order valence-corrected chi connectivity index (χ0v) is 13.1. The molecule has 0 aromatic heterocycles. The Morgan fingerprint density at radius 1 is 1.16 bits per heavy atom. The van der Waals surface area contributed by atoms with Crippen LogP contribution >= 0.6 is 11.8 Å². The summed E-state index contributed by atoms with van der Waals surface area (Å²) in [5, 5.41) is 5.19. The molecule has 1 fully saturated rings. The van der Waals surface area contributed by atoms with Crippen LogP contribution in [-0.4, -0.2) is 17.0 Å². The lowest BCUT2D eigenvalue weighted by Gasteiger charge is -2.30. The summed E-state index contributed by atoms with van der Waals surface area (Å²) in [6.45, 7) is 5.63. The Hall–Kier alpha value is -0.470. The zero-order chi connectivity index (χ0) is 13.5. The predicted octanol–water partition coefficient (Wildman–Crippen LogP) is 4.79. The van der Waals surface area contributed by atoms with Crippen LogP contribution in [0.2, 0.25) is 0 Å². The number of benzene rings is 1. The van der Waals surface area contributed by atoms with Gasteiger partial charge in [-0.05, 0) is 24.9 Å². The summed E-state index contributed by atoms with van der Waals surface area (Å²) in [7, 11) is 0. The van der Waals surface area contributed by atoms with Crippen molar-refractivity contribution in [3.63, 3.8) is 0 Å². The largest absolute Gasteiger partial charge is 0.309 e. The van der Waals surface area contributed by atoms with Crippen LogP contribution in [0.15, 0.2) is 30.3 Å². The van der Waals surface area contributed by atoms with E-state index in [2.05, 4.69) is 61.3 Å². The average Bonchev–Trinajstić information content (AvgIpc) is 2.46. The van der Waals surface area contributed by atoms with Crippen LogP contribution in [0.3, 0.4) is 0 Å². The van der Waals surface area contributed by atoms with Crippen molar-refractivity contribution < 1.29 is 0 Å². The smallest absolute Gasteiger partial charge is 0.0437 e. The lowest BCUT2D eigenvalue weighted by atomic mass is 10.0. The summed E-state index contributed by atoms with van der Waals surface area (Å²) in [5.74, 6) is 0. The summed E-state index contributed by atoms with van der Waals surface area (Å²) < 4.78 is 0. The molecule has 1 nitrogen and oxygen atoms in total. The number of nitrogens with one attached hydrogen (secondary N) is 1. The van der Waals surface area contributed by atoms with Crippen LogP contribution in [-0.2, 0) is 0 Å². The average molecular weight is 277 g/mol. The first-order valence-corrected chi connectivity index (χ1v) is 8.69. The summed E-state index contributed by atoms with van der Waals surface area (Å²) in [5.41, 5.74) is 1.43. The fraction of sp³-hybridized carbons (Fsp3) is 0.647. The van der Waals surface area contributed by atoms with E-state index in [1.165, 1.54) is 37.7 Å². The molecule has 1 N–H and O–H groups in total. The molecule has 0 heterocycles. The highest BCUT2D eigenvalue weighted by molar-refractivity contribution is 8.00. The van der Waals surface area contributed by atoms with Gasteiger partial charge in [0.2, 0.25) is 0 Å². The normalized spacial score (nSPS) is 20.1. The van der Waals surface area contributed by atoms with E-state index in [1.807, 2.05) is 0 Å². The molecule has 2 unspecified atom stereocenters. The SMILES string of the molecule is CCNC(c1ccccc1)C(C)SC1CCCCC1. The van der Waals surface area contributed by atoms with E-state index in [4.69, 9.17) is 0 Å². The van der Waals surface area contributed by atoms with E-state index in [-0.39, 0.29) is 0 Å². The highest BCUT2D eigenvalue weighted by atomic mass is 32.2. The second-order valence-electron chi connectivity index (χ2n) is 5.55. The quantitative estimate of drug-likeness (QED) is 0.802. The number of rotatable bonds is 6. The summed E-state index contributed by atoms with van der Waals surface area (Å²) in [6, 6.07) is 11.4. The van der Waals surface area contributed by atoms with Gasteiger partial charge in [0.05, 0.1) is 0 Å². The lowest BCUT2D eigenvalue weighted by molar-refractivity contribution is 0.506. The van der Waals surface area contributed by atoms with Gasteiger partial charge in [0, 0.05) is 16.5 Å². The Morgan fingerprint density at radius 2 is 1.84 bits per heavy atom. The minimum Gasteiger partial charge on any atom is -0.309 e. The molecule has 1 aromatic carbocycles. The molecule has 1 aliphatic rings. The third-order valence-electron chi connectivity index (χ3n) is 4.01. The standard InChI is InChI=1S/C17H27NS/c1-3-18-17(15-10-6-4-7-11-15)14(2)19-16-12-8-5-9-13-16/h4,6-7,10-11,14,16-18H,3,5,8-9,12-13H2,1-2H3. The van der Waals surface area contributed by atoms with Gasteiger partial charge in [-0.2, -0.15) is 11.8 Å². The molecule has 1 saturated carbocycles. The van der Waals surface area contributed by atoms with Crippen LogP contribution in [0.5, 0.6) is 0 Å². The van der Waals surface area contributed by atoms with Crippen LogP contribution < -0.4 is 5.32 Å². The van der Waals surface area contributed by atoms with Gasteiger partial charge in [-0.1, -0.05) is 63.4 Å². The second-order valence-corrected chi connectivity index (χ2v) is 7.23. The Balaban J connectivity index is 1.97. The first kappa shape index (κ1) is 14.9. The minimum atomic E-state index is 0.484.